The van der Waals surface area contributed by atoms with Gasteiger partial charge >= 0.3 is 0 Å². The predicted molar refractivity (Wildman–Crippen MR) is 36.6 cm³/mol. The number of rotatable bonds is 1. The maximum absolute atomic E-state index is 10.7. The third-order valence-corrected chi connectivity index (χ3v) is 1.55. The zero-order valence-corrected chi connectivity index (χ0v) is 5.60. The largest absolute Gasteiger partial charge is 0.618 e. The summed E-state index contributed by atoms with van der Waals surface area (Å²) in [5.41, 5.74) is 0. The summed E-state index contributed by atoms with van der Waals surface area (Å²) in [6.45, 7) is 0. The van der Waals surface area contributed by atoms with Crippen LogP contribution in [0.15, 0.2) is 29.4 Å². The van der Waals surface area contributed by atoms with Gasteiger partial charge in [0.05, 0.1) is 0 Å². The first-order valence-electron chi connectivity index (χ1n) is 2.45. The molecule has 0 saturated carbocycles. The molecule has 0 aliphatic rings. The van der Waals surface area contributed by atoms with Gasteiger partial charge in [0.15, 0.2) is 6.20 Å². The van der Waals surface area contributed by atoms with Crippen LogP contribution in [0.1, 0.15) is 0 Å². The van der Waals surface area contributed by atoms with Crippen molar-refractivity contribution < 1.29 is 4.73 Å². The Hall–Kier alpha value is -0.700. The van der Waals surface area contributed by atoms with Gasteiger partial charge in [-0.25, -0.2) is 0 Å². The highest BCUT2D eigenvalue weighted by Crippen LogP contribution is 2.07. The third kappa shape index (κ3) is 1.36. The molecule has 1 aromatic rings. The van der Waals surface area contributed by atoms with Crippen LogP contribution in [-0.2, 0) is 0 Å². The lowest BCUT2D eigenvalue weighted by atomic mass is 10.5. The van der Waals surface area contributed by atoms with Crippen molar-refractivity contribution in [3.8, 4) is 0 Å². The summed E-state index contributed by atoms with van der Waals surface area (Å²) in [7, 11) is 0. The van der Waals surface area contributed by atoms with E-state index in [1.807, 2.05) is 6.07 Å². The Morgan fingerprint density at radius 3 is 2.78 bits per heavy atom. The fourth-order valence-electron chi connectivity index (χ4n) is 0.524. The van der Waals surface area contributed by atoms with Gasteiger partial charge in [0.2, 0.25) is 0 Å². The minimum absolute atomic E-state index is 0.623. The number of pyridine rings is 1. The molecule has 0 spiro atoms. The van der Waals surface area contributed by atoms with E-state index in [1.165, 1.54) is 18.0 Å². The van der Waals surface area contributed by atoms with Crippen molar-refractivity contribution >= 4 is 11.8 Å². The van der Waals surface area contributed by atoms with E-state index in [9.17, 15) is 5.21 Å². The lowest BCUT2D eigenvalue weighted by molar-refractivity contribution is -0.645. The van der Waals surface area contributed by atoms with Gasteiger partial charge in [-0.15, -0.1) is 0 Å². The van der Waals surface area contributed by atoms with Crippen molar-refractivity contribution in [3.05, 3.63) is 35.9 Å². The molecule has 9 heavy (non-hydrogen) atoms. The summed E-state index contributed by atoms with van der Waals surface area (Å²) < 4.78 is 0.789. The Balaban J connectivity index is 3.01. The van der Waals surface area contributed by atoms with Crippen LogP contribution >= 0.6 is 11.8 Å². The number of nitrogens with zero attached hydrogens (tertiary/aromatic N) is 1. The number of thioether (sulfide) groups is 1. The molecule has 1 heterocycles. The van der Waals surface area contributed by atoms with E-state index < -0.39 is 0 Å². The molecular formula is C6H6NOS. The molecule has 2 nitrogen and oxygen atoms in total. The maximum Gasteiger partial charge on any atom is 0.251 e. The van der Waals surface area contributed by atoms with Crippen LogP contribution in [0.25, 0.3) is 0 Å². The van der Waals surface area contributed by atoms with E-state index in [2.05, 4.69) is 6.26 Å². The van der Waals surface area contributed by atoms with E-state index in [-0.39, 0.29) is 0 Å². The van der Waals surface area contributed by atoms with Crippen LogP contribution in [0.4, 0.5) is 0 Å². The average Bonchev–Trinajstić information content (AvgIpc) is 1.89. The summed E-state index contributed by atoms with van der Waals surface area (Å²) in [6.07, 6.45) is 4.96. The molecule has 0 fully saturated rings. The molecule has 1 aromatic heterocycles. The second-order valence-electron chi connectivity index (χ2n) is 1.51. The van der Waals surface area contributed by atoms with E-state index in [0.717, 1.165) is 4.73 Å². The summed E-state index contributed by atoms with van der Waals surface area (Å²) in [5, 5.41) is 11.3. The molecular weight excluding hydrogens is 134 g/mol. The molecule has 0 aliphatic carbocycles. The Kier molecular flexibility index (Phi) is 1.95. The average molecular weight is 140 g/mol. The molecule has 0 atom stereocenters. The molecule has 0 amide bonds. The standard InChI is InChI=1S/C6H6NOS/c1-9-6-4-2-3-5-7(6)8/h2-5H,1H2. The SMILES string of the molecule is [CH2]Sc1cccc[n+]1[O-]. The van der Waals surface area contributed by atoms with Gasteiger partial charge in [-0.2, -0.15) is 4.73 Å². The van der Waals surface area contributed by atoms with Crippen LogP contribution < -0.4 is 4.73 Å². The van der Waals surface area contributed by atoms with Crippen LogP contribution in [0, 0.1) is 11.5 Å². The maximum atomic E-state index is 10.7. The van der Waals surface area contributed by atoms with Gasteiger partial charge < -0.3 is 5.21 Å². The van der Waals surface area contributed by atoms with Crippen molar-refractivity contribution in [1.29, 1.82) is 0 Å². The molecule has 0 bridgehead atoms. The summed E-state index contributed by atoms with van der Waals surface area (Å²) >= 11 is 1.20. The quantitative estimate of drug-likeness (QED) is 0.333. The minimum Gasteiger partial charge on any atom is -0.618 e. The van der Waals surface area contributed by atoms with Crippen molar-refractivity contribution in [2.45, 2.75) is 5.03 Å². The van der Waals surface area contributed by atoms with Crippen molar-refractivity contribution in [1.82, 2.24) is 0 Å². The predicted octanol–water partition coefficient (Wildman–Crippen LogP) is 1.20. The van der Waals surface area contributed by atoms with Gasteiger partial charge in [0.25, 0.3) is 5.03 Å². The summed E-state index contributed by atoms with van der Waals surface area (Å²) in [6, 6.07) is 5.22. The number of hydrogen-bond donors (Lipinski definition) is 0. The Bertz CT molecular complexity index is 202. The second kappa shape index (κ2) is 2.73. The Morgan fingerprint density at radius 1 is 1.56 bits per heavy atom. The van der Waals surface area contributed by atoms with Gasteiger partial charge in [-0.3, -0.25) is 0 Å². The zero-order chi connectivity index (χ0) is 6.69. The monoisotopic (exact) mass is 140 g/mol. The molecule has 1 radical (unpaired) electrons. The van der Waals surface area contributed by atoms with Crippen LogP contribution in [0.5, 0.6) is 0 Å². The van der Waals surface area contributed by atoms with E-state index in [1.54, 1.807) is 12.1 Å². The Labute approximate surface area is 58.1 Å². The molecule has 3 heteroatoms. The highest BCUT2D eigenvalue weighted by Gasteiger charge is 1.97. The molecule has 0 unspecified atom stereocenters. The van der Waals surface area contributed by atoms with Gasteiger partial charge in [-0.05, 0) is 6.07 Å². The second-order valence-corrected chi connectivity index (χ2v) is 2.22. The smallest absolute Gasteiger partial charge is 0.251 e. The highest BCUT2D eigenvalue weighted by molar-refractivity contribution is 8.00. The van der Waals surface area contributed by atoms with E-state index >= 15 is 0 Å². The minimum atomic E-state index is 0.623. The lowest BCUT2D eigenvalue weighted by Crippen LogP contribution is -2.27. The van der Waals surface area contributed by atoms with Gasteiger partial charge in [0, 0.05) is 18.4 Å². The molecule has 0 aliphatic heterocycles. The fraction of sp³-hybridized carbons (Fsp3) is 0. The first kappa shape index (κ1) is 6.42. The molecule has 47 valence electrons. The third-order valence-electron chi connectivity index (χ3n) is 0.936. The lowest BCUT2D eigenvalue weighted by Gasteiger charge is -1.97. The molecule has 0 N–H and O–H groups in total. The van der Waals surface area contributed by atoms with E-state index in [0.29, 0.717) is 5.03 Å². The molecule has 1 rings (SSSR count). The topological polar surface area (TPSA) is 26.9 Å². The Morgan fingerprint density at radius 2 is 2.33 bits per heavy atom. The fourth-order valence-corrected chi connectivity index (χ4v) is 0.887. The van der Waals surface area contributed by atoms with Gasteiger partial charge in [0.1, 0.15) is 0 Å². The zero-order valence-electron chi connectivity index (χ0n) is 4.78. The first-order valence-corrected chi connectivity index (χ1v) is 3.43. The van der Waals surface area contributed by atoms with Crippen LogP contribution in [-0.4, -0.2) is 0 Å². The van der Waals surface area contributed by atoms with Crippen molar-refractivity contribution in [3.63, 3.8) is 0 Å². The van der Waals surface area contributed by atoms with Crippen LogP contribution in [0.2, 0.25) is 0 Å². The summed E-state index contributed by atoms with van der Waals surface area (Å²) in [4.78, 5) is 0. The van der Waals surface area contributed by atoms with Gasteiger partial charge in [-0.1, -0.05) is 11.8 Å². The van der Waals surface area contributed by atoms with Crippen LogP contribution in [0.3, 0.4) is 0 Å². The summed E-state index contributed by atoms with van der Waals surface area (Å²) in [5.74, 6) is 0. The van der Waals surface area contributed by atoms with Crippen molar-refractivity contribution in [2.75, 3.05) is 0 Å². The first-order chi connectivity index (χ1) is 4.34. The van der Waals surface area contributed by atoms with E-state index in [4.69, 9.17) is 0 Å². The molecule has 0 aromatic carbocycles. The van der Waals surface area contributed by atoms with Crippen molar-refractivity contribution in [2.24, 2.45) is 0 Å². The number of hydrogen-bond acceptors (Lipinski definition) is 2. The normalized spacial score (nSPS) is 9.44. The molecule has 0 saturated heterocycles. The number of aromatic nitrogens is 1. The highest BCUT2D eigenvalue weighted by atomic mass is 32.2.